The summed E-state index contributed by atoms with van der Waals surface area (Å²) in [5, 5.41) is 18.4. The lowest BCUT2D eigenvalue weighted by Crippen LogP contribution is -2.31. The van der Waals surface area contributed by atoms with Crippen molar-refractivity contribution in [2.45, 2.75) is 69.6 Å². The van der Waals surface area contributed by atoms with E-state index >= 15 is 0 Å². The van der Waals surface area contributed by atoms with Crippen molar-refractivity contribution in [3.05, 3.63) is 71.8 Å². The zero-order valence-electron chi connectivity index (χ0n) is 17.1. The van der Waals surface area contributed by atoms with E-state index in [9.17, 15) is 14.7 Å². The summed E-state index contributed by atoms with van der Waals surface area (Å²) in [6.45, 7) is 0. The molecule has 0 saturated carbocycles. The van der Waals surface area contributed by atoms with Crippen LogP contribution in [-0.2, 0) is 15.0 Å². The molecule has 0 spiro atoms. The Morgan fingerprint density at radius 3 is 1.52 bits per heavy atom. The summed E-state index contributed by atoms with van der Waals surface area (Å²) in [5.41, 5.74) is 1.60. The van der Waals surface area contributed by atoms with Crippen LogP contribution in [-0.4, -0.2) is 22.2 Å². The van der Waals surface area contributed by atoms with Gasteiger partial charge in [0.05, 0.1) is 6.42 Å². The lowest BCUT2D eigenvalue weighted by molar-refractivity contribution is -0.138. The molecule has 4 nitrogen and oxygen atoms in total. The molecule has 156 valence electrons. The predicted octanol–water partition coefficient (Wildman–Crippen LogP) is 6.04. The van der Waals surface area contributed by atoms with Crippen LogP contribution in [0, 0.1) is 0 Å². The highest BCUT2D eigenvalue weighted by atomic mass is 16.4. The Balaban J connectivity index is 1.99. The normalized spacial score (nSPS) is 11.3. The van der Waals surface area contributed by atoms with Gasteiger partial charge in [0.1, 0.15) is 0 Å². The molecule has 2 aromatic rings. The Morgan fingerprint density at radius 2 is 1.07 bits per heavy atom. The van der Waals surface area contributed by atoms with Crippen LogP contribution in [0.5, 0.6) is 0 Å². The molecule has 2 N–H and O–H groups in total. The molecule has 0 aliphatic rings. The Labute approximate surface area is 173 Å². The number of carboxylic acids is 2. The number of hydrogen-bond donors (Lipinski definition) is 2. The van der Waals surface area contributed by atoms with E-state index in [1.165, 1.54) is 0 Å². The van der Waals surface area contributed by atoms with Crippen molar-refractivity contribution >= 4 is 11.9 Å². The SMILES string of the molecule is O=C(O)CCCCCCCCCC(CC(=O)O)(c1ccccc1)c1ccccc1. The van der Waals surface area contributed by atoms with Gasteiger partial charge in [-0.15, -0.1) is 0 Å². The van der Waals surface area contributed by atoms with E-state index in [1.807, 2.05) is 60.7 Å². The van der Waals surface area contributed by atoms with Crippen LogP contribution < -0.4 is 0 Å². The van der Waals surface area contributed by atoms with Gasteiger partial charge in [-0.3, -0.25) is 9.59 Å². The number of carbonyl (C=O) groups is 2. The zero-order valence-corrected chi connectivity index (χ0v) is 17.1. The Kier molecular flexibility index (Phi) is 9.42. The minimum Gasteiger partial charge on any atom is -0.481 e. The van der Waals surface area contributed by atoms with Crippen molar-refractivity contribution < 1.29 is 19.8 Å². The minimum absolute atomic E-state index is 0.0796. The molecule has 0 unspecified atom stereocenters. The van der Waals surface area contributed by atoms with E-state index in [4.69, 9.17) is 5.11 Å². The van der Waals surface area contributed by atoms with Gasteiger partial charge in [0.2, 0.25) is 0 Å². The van der Waals surface area contributed by atoms with Gasteiger partial charge in [-0.1, -0.05) is 99.2 Å². The molecule has 0 saturated heterocycles. The number of rotatable bonds is 14. The Morgan fingerprint density at radius 1 is 0.621 bits per heavy atom. The molecule has 29 heavy (non-hydrogen) atoms. The highest BCUT2D eigenvalue weighted by molar-refractivity contribution is 5.70. The van der Waals surface area contributed by atoms with Crippen molar-refractivity contribution in [1.82, 2.24) is 0 Å². The standard InChI is InChI=1S/C25H32O4/c26-23(27)18-12-4-2-1-3-5-13-19-25(20-24(28)29,21-14-8-6-9-15-21)22-16-10-7-11-17-22/h6-11,14-17H,1-5,12-13,18-20H2,(H,26,27)(H,28,29). The highest BCUT2D eigenvalue weighted by Gasteiger charge is 2.36. The van der Waals surface area contributed by atoms with E-state index in [2.05, 4.69) is 0 Å². The summed E-state index contributed by atoms with van der Waals surface area (Å²) in [7, 11) is 0. The van der Waals surface area contributed by atoms with Gasteiger partial charge in [0, 0.05) is 11.8 Å². The molecular formula is C25H32O4. The van der Waals surface area contributed by atoms with E-state index in [1.54, 1.807) is 0 Å². The van der Waals surface area contributed by atoms with Gasteiger partial charge in [0.15, 0.2) is 0 Å². The molecule has 4 heteroatoms. The third-order valence-corrected chi connectivity index (χ3v) is 5.60. The van der Waals surface area contributed by atoms with E-state index in [0.29, 0.717) is 0 Å². The number of hydrogen-bond acceptors (Lipinski definition) is 2. The van der Waals surface area contributed by atoms with Gasteiger partial charge >= 0.3 is 11.9 Å². The van der Waals surface area contributed by atoms with Crippen LogP contribution >= 0.6 is 0 Å². The summed E-state index contributed by atoms with van der Waals surface area (Å²) in [6, 6.07) is 20.0. The number of carboxylic acid groups (broad SMARTS) is 2. The first-order valence-electron chi connectivity index (χ1n) is 10.6. The third-order valence-electron chi connectivity index (χ3n) is 5.60. The van der Waals surface area contributed by atoms with Gasteiger partial charge in [-0.05, 0) is 24.0 Å². The van der Waals surface area contributed by atoms with E-state index in [-0.39, 0.29) is 12.8 Å². The minimum atomic E-state index is -0.781. The van der Waals surface area contributed by atoms with Gasteiger partial charge < -0.3 is 10.2 Å². The summed E-state index contributed by atoms with van der Waals surface area (Å²) in [5.74, 6) is -1.50. The Hall–Kier alpha value is -2.62. The van der Waals surface area contributed by atoms with Crippen LogP contribution in [0.3, 0.4) is 0 Å². The lowest BCUT2D eigenvalue weighted by Gasteiger charge is -2.34. The summed E-state index contributed by atoms with van der Waals surface area (Å²) in [6.07, 6.45) is 8.12. The molecule has 0 bridgehead atoms. The lowest BCUT2D eigenvalue weighted by atomic mass is 9.69. The maximum Gasteiger partial charge on any atom is 0.304 e. The van der Waals surface area contributed by atoms with Crippen LogP contribution in [0.1, 0.15) is 75.3 Å². The number of benzene rings is 2. The van der Waals surface area contributed by atoms with Crippen molar-refractivity contribution in [2.24, 2.45) is 0 Å². The average molecular weight is 397 g/mol. The van der Waals surface area contributed by atoms with Gasteiger partial charge in [-0.2, -0.15) is 0 Å². The van der Waals surface area contributed by atoms with E-state index in [0.717, 1.165) is 62.5 Å². The number of aliphatic carboxylic acids is 2. The van der Waals surface area contributed by atoms with Gasteiger partial charge in [-0.25, -0.2) is 0 Å². The maximum absolute atomic E-state index is 11.8. The van der Waals surface area contributed by atoms with Crippen LogP contribution in [0.2, 0.25) is 0 Å². The first-order chi connectivity index (χ1) is 14.0. The van der Waals surface area contributed by atoms with Crippen LogP contribution in [0.4, 0.5) is 0 Å². The molecule has 0 aromatic heterocycles. The van der Waals surface area contributed by atoms with Crippen molar-refractivity contribution in [3.8, 4) is 0 Å². The zero-order chi connectivity index (χ0) is 21.0. The quantitative estimate of drug-likeness (QED) is 0.382. The monoisotopic (exact) mass is 396 g/mol. The maximum atomic E-state index is 11.8. The largest absolute Gasteiger partial charge is 0.481 e. The highest BCUT2D eigenvalue weighted by Crippen LogP contribution is 2.40. The average Bonchev–Trinajstić information content (AvgIpc) is 2.72. The smallest absolute Gasteiger partial charge is 0.304 e. The topological polar surface area (TPSA) is 74.6 Å². The molecule has 2 rings (SSSR count). The van der Waals surface area contributed by atoms with E-state index < -0.39 is 17.4 Å². The number of unbranched alkanes of at least 4 members (excludes halogenated alkanes) is 6. The fourth-order valence-corrected chi connectivity index (χ4v) is 4.11. The first-order valence-corrected chi connectivity index (χ1v) is 10.6. The fraction of sp³-hybridized carbons (Fsp3) is 0.440. The summed E-state index contributed by atoms with van der Waals surface area (Å²) in [4.78, 5) is 22.3. The first kappa shape index (κ1) is 22.7. The second kappa shape index (κ2) is 12.1. The predicted molar refractivity (Wildman–Crippen MR) is 115 cm³/mol. The molecule has 0 aliphatic heterocycles. The summed E-state index contributed by atoms with van der Waals surface area (Å²) >= 11 is 0. The molecule has 2 aromatic carbocycles. The van der Waals surface area contributed by atoms with Crippen LogP contribution in [0.15, 0.2) is 60.7 Å². The molecule has 0 heterocycles. The Bertz CT molecular complexity index is 700. The van der Waals surface area contributed by atoms with Crippen molar-refractivity contribution in [1.29, 1.82) is 0 Å². The molecule has 0 radical (unpaired) electrons. The molecule has 0 aliphatic carbocycles. The van der Waals surface area contributed by atoms with Crippen LogP contribution in [0.25, 0.3) is 0 Å². The summed E-state index contributed by atoms with van der Waals surface area (Å²) < 4.78 is 0. The molecular weight excluding hydrogens is 364 g/mol. The molecule has 0 atom stereocenters. The third kappa shape index (κ3) is 7.37. The van der Waals surface area contributed by atoms with Crippen molar-refractivity contribution in [3.63, 3.8) is 0 Å². The second-order valence-electron chi connectivity index (χ2n) is 7.75. The molecule has 0 amide bonds. The molecule has 0 fully saturated rings. The van der Waals surface area contributed by atoms with Gasteiger partial charge in [0.25, 0.3) is 0 Å². The van der Waals surface area contributed by atoms with Crippen molar-refractivity contribution in [2.75, 3.05) is 0 Å². The second-order valence-corrected chi connectivity index (χ2v) is 7.75. The fourth-order valence-electron chi connectivity index (χ4n) is 4.11.